The van der Waals surface area contributed by atoms with Crippen LogP contribution in [0.15, 0.2) is 41.0 Å². The number of amides is 3. The molecule has 2 aromatic heterocycles. The van der Waals surface area contributed by atoms with Crippen LogP contribution >= 0.6 is 39.1 Å². The van der Waals surface area contributed by atoms with Crippen LogP contribution in [0.3, 0.4) is 0 Å². The van der Waals surface area contributed by atoms with Gasteiger partial charge in [-0.25, -0.2) is 14.7 Å². The fourth-order valence-electron chi connectivity index (χ4n) is 3.69. The van der Waals surface area contributed by atoms with E-state index < -0.39 is 42.4 Å². The average Bonchev–Trinajstić information content (AvgIpc) is 3.48. The molecule has 0 saturated carbocycles. The third-order valence-electron chi connectivity index (χ3n) is 5.45. The number of hydroxylamine groups is 2. The number of pyridine rings is 1. The van der Waals surface area contributed by atoms with E-state index in [1.54, 1.807) is 13.8 Å². The zero-order chi connectivity index (χ0) is 30.1. The molecule has 4 rings (SSSR count). The molecule has 218 valence electrons. The van der Waals surface area contributed by atoms with Crippen LogP contribution in [-0.4, -0.2) is 69.0 Å². The summed E-state index contributed by atoms with van der Waals surface area (Å²) in [5.74, 6) is -2.72. The molecule has 1 atom stereocenters. The minimum absolute atomic E-state index is 0.0404. The van der Waals surface area contributed by atoms with E-state index in [1.165, 1.54) is 30.5 Å². The molecule has 0 bridgehead atoms. The van der Waals surface area contributed by atoms with Crippen LogP contribution in [0.1, 0.15) is 34.7 Å². The van der Waals surface area contributed by atoms with Gasteiger partial charge < -0.3 is 15.4 Å². The Morgan fingerprint density at radius 1 is 1.24 bits per heavy atom. The molecule has 1 saturated heterocycles. The van der Waals surface area contributed by atoms with Crippen LogP contribution < -0.4 is 15.4 Å². The maximum atomic E-state index is 13.5. The number of carbonyl (C=O) groups excluding carboxylic acids is 3. The number of aromatic nitrogens is 3. The number of ether oxygens (including phenoxy) is 1. The topological polar surface area (TPSA) is 128 Å². The Kier molecular flexibility index (Phi) is 9.11. The molecular formula is C24H20BrCl2F3N6O5. The first-order valence-corrected chi connectivity index (χ1v) is 13.3. The third-order valence-corrected chi connectivity index (χ3v) is 6.59. The fraction of sp³-hybridized carbons (Fsp3) is 0.292. The highest BCUT2D eigenvalue weighted by Gasteiger charge is 2.36. The summed E-state index contributed by atoms with van der Waals surface area (Å²) in [5, 5.41) is 10.3. The number of hydrogen-bond acceptors (Lipinski definition) is 7. The Morgan fingerprint density at radius 2 is 1.98 bits per heavy atom. The number of halogens is 6. The molecule has 3 amide bonds. The molecule has 0 spiro atoms. The molecule has 1 unspecified atom stereocenters. The summed E-state index contributed by atoms with van der Waals surface area (Å²) in [5.41, 5.74) is -0.492. The number of anilines is 1. The van der Waals surface area contributed by atoms with Gasteiger partial charge in [0, 0.05) is 21.8 Å². The molecule has 3 aromatic rings. The molecule has 2 N–H and O–H groups in total. The number of alkyl halides is 3. The van der Waals surface area contributed by atoms with Crippen molar-refractivity contribution >= 4 is 62.5 Å². The standard InChI is InChI=1S/C24H20BrCl2F3N6O5/c1-11(2)36-23(39)16(9-41-36)32-21(37)13-6-12(26)7-14(25)19(13)33-22(38)17-8-18(40-10-24(28,29)30)34-35(17)20-15(27)4-3-5-31-20/h3-8,11,16H,9-10H2,1-2H3,(H,32,37)(H,33,38). The van der Waals surface area contributed by atoms with Crippen LogP contribution in [0, 0.1) is 0 Å². The van der Waals surface area contributed by atoms with Crippen LogP contribution in [-0.2, 0) is 9.63 Å². The molecular weight excluding hydrogens is 660 g/mol. The molecule has 0 aliphatic carbocycles. The van der Waals surface area contributed by atoms with E-state index in [9.17, 15) is 27.6 Å². The molecule has 11 nitrogen and oxygen atoms in total. The zero-order valence-corrected chi connectivity index (χ0v) is 24.2. The summed E-state index contributed by atoms with van der Waals surface area (Å²) in [6, 6.07) is 5.33. The monoisotopic (exact) mass is 678 g/mol. The van der Waals surface area contributed by atoms with Gasteiger partial charge in [-0.15, -0.1) is 5.10 Å². The number of nitrogens with zero attached hydrogens (tertiary/aromatic N) is 4. The molecule has 1 fully saturated rings. The maximum absolute atomic E-state index is 13.5. The van der Waals surface area contributed by atoms with Crippen LogP contribution in [0.4, 0.5) is 18.9 Å². The second-order valence-corrected chi connectivity index (χ2v) is 10.5. The van der Waals surface area contributed by atoms with Crippen LogP contribution in [0.2, 0.25) is 10.0 Å². The van der Waals surface area contributed by atoms with Crippen molar-refractivity contribution in [2.45, 2.75) is 32.1 Å². The van der Waals surface area contributed by atoms with Crippen molar-refractivity contribution < 1.29 is 37.1 Å². The van der Waals surface area contributed by atoms with Crippen molar-refractivity contribution in [3.8, 4) is 11.7 Å². The van der Waals surface area contributed by atoms with E-state index >= 15 is 0 Å². The number of rotatable bonds is 8. The van der Waals surface area contributed by atoms with Crippen LogP contribution in [0.25, 0.3) is 5.82 Å². The molecule has 3 heterocycles. The maximum Gasteiger partial charge on any atom is 0.422 e. The Bertz CT molecular complexity index is 1500. The highest BCUT2D eigenvalue weighted by Crippen LogP contribution is 2.32. The van der Waals surface area contributed by atoms with Gasteiger partial charge in [-0.05, 0) is 54.0 Å². The van der Waals surface area contributed by atoms with E-state index in [1.807, 2.05) is 0 Å². The summed E-state index contributed by atoms with van der Waals surface area (Å²) in [6.45, 7) is 1.72. The summed E-state index contributed by atoms with van der Waals surface area (Å²) >= 11 is 15.6. The summed E-state index contributed by atoms with van der Waals surface area (Å²) in [4.78, 5) is 48.7. The minimum Gasteiger partial charge on any atom is -0.467 e. The first kappa shape index (κ1) is 30.6. The lowest BCUT2D eigenvalue weighted by atomic mass is 10.1. The first-order chi connectivity index (χ1) is 19.2. The first-order valence-electron chi connectivity index (χ1n) is 11.7. The van der Waals surface area contributed by atoms with Gasteiger partial charge in [0.15, 0.2) is 12.4 Å². The third kappa shape index (κ3) is 7.09. The van der Waals surface area contributed by atoms with Crippen molar-refractivity contribution in [2.75, 3.05) is 18.5 Å². The summed E-state index contributed by atoms with van der Waals surface area (Å²) < 4.78 is 44.1. The molecule has 1 aromatic carbocycles. The van der Waals surface area contributed by atoms with Gasteiger partial charge in [-0.3, -0.25) is 19.2 Å². The number of carbonyl (C=O) groups is 3. The van der Waals surface area contributed by atoms with Gasteiger partial charge in [-0.1, -0.05) is 23.2 Å². The lowest BCUT2D eigenvalue weighted by Crippen LogP contribution is -2.44. The van der Waals surface area contributed by atoms with Crippen molar-refractivity contribution in [1.82, 2.24) is 25.1 Å². The smallest absolute Gasteiger partial charge is 0.422 e. The lowest BCUT2D eigenvalue weighted by Gasteiger charge is -2.19. The van der Waals surface area contributed by atoms with Crippen molar-refractivity contribution in [1.29, 1.82) is 0 Å². The van der Waals surface area contributed by atoms with E-state index in [0.29, 0.717) is 0 Å². The lowest BCUT2D eigenvalue weighted by molar-refractivity contribution is -0.170. The van der Waals surface area contributed by atoms with Gasteiger partial charge in [0.2, 0.25) is 5.88 Å². The molecule has 1 aliphatic heterocycles. The molecule has 0 radical (unpaired) electrons. The normalized spacial score (nSPS) is 15.4. The highest BCUT2D eigenvalue weighted by atomic mass is 79.9. The molecule has 41 heavy (non-hydrogen) atoms. The number of hydrogen-bond donors (Lipinski definition) is 2. The van der Waals surface area contributed by atoms with E-state index in [-0.39, 0.29) is 49.9 Å². The fourth-order valence-corrected chi connectivity index (χ4v) is 4.80. The average molecular weight is 680 g/mol. The molecule has 17 heteroatoms. The Hall–Kier alpha value is -3.40. The van der Waals surface area contributed by atoms with E-state index in [0.717, 1.165) is 15.8 Å². The van der Waals surface area contributed by atoms with Crippen LogP contribution in [0.5, 0.6) is 5.88 Å². The predicted octanol–water partition coefficient (Wildman–Crippen LogP) is 4.81. The quantitative estimate of drug-likeness (QED) is 0.350. The predicted molar refractivity (Wildman–Crippen MR) is 144 cm³/mol. The summed E-state index contributed by atoms with van der Waals surface area (Å²) in [7, 11) is 0. The minimum atomic E-state index is -4.66. The summed E-state index contributed by atoms with van der Waals surface area (Å²) in [6.07, 6.45) is -3.32. The van der Waals surface area contributed by atoms with Crippen molar-refractivity contribution in [3.05, 3.63) is 62.3 Å². The molecule has 1 aliphatic rings. The second-order valence-electron chi connectivity index (χ2n) is 8.84. The van der Waals surface area contributed by atoms with Gasteiger partial charge in [0.1, 0.15) is 18.3 Å². The van der Waals surface area contributed by atoms with Gasteiger partial charge in [-0.2, -0.15) is 13.2 Å². The number of benzene rings is 1. The Balaban J connectivity index is 1.66. The Labute approximate surface area is 249 Å². The van der Waals surface area contributed by atoms with Gasteiger partial charge in [0.25, 0.3) is 17.7 Å². The zero-order valence-electron chi connectivity index (χ0n) is 21.1. The van der Waals surface area contributed by atoms with Gasteiger partial charge >= 0.3 is 6.18 Å². The Morgan fingerprint density at radius 3 is 2.61 bits per heavy atom. The largest absolute Gasteiger partial charge is 0.467 e. The van der Waals surface area contributed by atoms with E-state index in [2.05, 4.69) is 36.6 Å². The second kappa shape index (κ2) is 12.2. The van der Waals surface area contributed by atoms with E-state index in [4.69, 9.17) is 32.8 Å². The number of nitrogens with one attached hydrogen (secondary N) is 2. The van der Waals surface area contributed by atoms with Crippen molar-refractivity contribution in [3.63, 3.8) is 0 Å². The van der Waals surface area contributed by atoms with Gasteiger partial charge in [0.05, 0.1) is 22.3 Å². The highest BCUT2D eigenvalue weighted by molar-refractivity contribution is 9.10. The van der Waals surface area contributed by atoms with Crippen molar-refractivity contribution in [2.24, 2.45) is 0 Å². The SMILES string of the molecule is CC(C)N1OCC(NC(=O)c2cc(Cl)cc(Br)c2NC(=O)c2cc(OCC(F)(F)F)nn2-c2ncccc2Cl)C1=O.